The van der Waals surface area contributed by atoms with E-state index in [0.717, 1.165) is 6.42 Å². The molecule has 0 radical (unpaired) electrons. The van der Waals surface area contributed by atoms with Gasteiger partial charge in [-0.1, -0.05) is 6.92 Å². The van der Waals surface area contributed by atoms with Crippen molar-refractivity contribution in [2.24, 2.45) is 0 Å². The minimum Gasteiger partial charge on any atom is -0.354 e. The average Bonchev–Trinajstić information content (AvgIpc) is 2.24. The smallest absolute Gasteiger partial charge is 0.330 e. The highest BCUT2D eigenvalue weighted by Crippen LogP contribution is 2.48. The quantitative estimate of drug-likeness (QED) is 0.651. The van der Waals surface area contributed by atoms with Crippen molar-refractivity contribution in [3.05, 3.63) is 0 Å². The van der Waals surface area contributed by atoms with Crippen LogP contribution in [0.5, 0.6) is 0 Å². The zero-order valence-corrected chi connectivity index (χ0v) is 12.1. The Morgan fingerprint density at radius 2 is 1.76 bits per heavy atom. The predicted molar refractivity (Wildman–Crippen MR) is 68.2 cm³/mol. The van der Waals surface area contributed by atoms with E-state index < -0.39 is 7.60 Å². The molecule has 0 aliphatic rings. The van der Waals surface area contributed by atoms with E-state index in [1.807, 2.05) is 6.92 Å². The van der Waals surface area contributed by atoms with Gasteiger partial charge in [0.05, 0.1) is 19.4 Å². The summed E-state index contributed by atoms with van der Waals surface area (Å²) in [4.78, 5) is 10.9. The molecule has 0 saturated heterocycles. The minimum absolute atomic E-state index is 0.0294. The molecule has 0 saturated carbocycles. The van der Waals surface area contributed by atoms with E-state index in [2.05, 4.69) is 5.32 Å². The molecule has 0 rings (SSSR count). The van der Waals surface area contributed by atoms with Gasteiger partial charge in [0.15, 0.2) is 0 Å². The van der Waals surface area contributed by atoms with E-state index in [4.69, 9.17) is 9.05 Å². The monoisotopic (exact) mass is 265 g/mol. The van der Waals surface area contributed by atoms with E-state index in [1.54, 1.807) is 13.8 Å². The normalized spacial score (nSPS) is 13.4. The van der Waals surface area contributed by atoms with Crippen molar-refractivity contribution < 1.29 is 18.4 Å². The fourth-order valence-corrected chi connectivity index (χ4v) is 3.29. The Morgan fingerprint density at radius 3 is 2.12 bits per heavy atom. The summed E-state index contributed by atoms with van der Waals surface area (Å²) < 4.78 is 22.5. The second kappa shape index (κ2) is 8.67. The maximum Gasteiger partial charge on any atom is 0.330 e. The van der Waals surface area contributed by atoms with Crippen molar-refractivity contribution in [2.75, 3.05) is 19.4 Å². The Kier molecular flexibility index (Phi) is 8.48. The molecule has 0 bridgehead atoms. The van der Waals surface area contributed by atoms with Gasteiger partial charge < -0.3 is 14.4 Å². The minimum atomic E-state index is -2.98. The van der Waals surface area contributed by atoms with Crippen LogP contribution in [0.2, 0.25) is 0 Å². The van der Waals surface area contributed by atoms with Gasteiger partial charge in [-0.15, -0.1) is 0 Å². The summed E-state index contributed by atoms with van der Waals surface area (Å²) in [6.07, 6.45) is 1.75. The first kappa shape index (κ1) is 16.6. The molecule has 17 heavy (non-hydrogen) atoms. The lowest BCUT2D eigenvalue weighted by atomic mass is 10.2. The zero-order chi connectivity index (χ0) is 13.3. The Bertz CT molecular complexity index is 260. The standard InChI is InChI=1S/C11H24NO4P/c1-5-11(12-10(4)13)8-9-17(14,15-6-2)16-7-3/h11H,5-9H2,1-4H3,(H,12,13)/t11-/m0/s1. The number of nitrogens with one attached hydrogen (secondary N) is 1. The molecule has 0 unspecified atom stereocenters. The van der Waals surface area contributed by atoms with E-state index >= 15 is 0 Å². The topological polar surface area (TPSA) is 64.6 Å². The highest BCUT2D eigenvalue weighted by atomic mass is 31.2. The van der Waals surface area contributed by atoms with Crippen molar-refractivity contribution in [3.8, 4) is 0 Å². The molecular formula is C11H24NO4P. The Balaban J connectivity index is 4.26. The molecule has 0 aliphatic heterocycles. The Labute approximate surface area is 104 Å². The van der Waals surface area contributed by atoms with Gasteiger partial charge in [-0.3, -0.25) is 9.36 Å². The van der Waals surface area contributed by atoms with Crippen LogP contribution in [0.4, 0.5) is 0 Å². The number of hydrogen-bond donors (Lipinski definition) is 1. The molecule has 6 heteroatoms. The van der Waals surface area contributed by atoms with Crippen LogP contribution in [0.1, 0.15) is 40.5 Å². The van der Waals surface area contributed by atoms with Crippen LogP contribution in [-0.4, -0.2) is 31.3 Å². The highest BCUT2D eigenvalue weighted by molar-refractivity contribution is 7.53. The molecule has 0 aromatic rings. The third-order valence-electron chi connectivity index (χ3n) is 2.30. The largest absolute Gasteiger partial charge is 0.354 e. The van der Waals surface area contributed by atoms with Gasteiger partial charge in [0.1, 0.15) is 0 Å². The molecule has 1 N–H and O–H groups in total. The van der Waals surface area contributed by atoms with E-state index in [9.17, 15) is 9.36 Å². The summed E-state index contributed by atoms with van der Waals surface area (Å²) in [7, 11) is -2.98. The van der Waals surface area contributed by atoms with Crippen molar-refractivity contribution in [2.45, 2.75) is 46.6 Å². The van der Waals surface area contributed by atoms with Crippen LogP contribution < -0.4 is 5.32 Å². The lowest BCUT2D eigenvalue weighted by Gasteiger charge is -2.20. The number of hydrogen-bond acceptors (Lipinski definition) is 4. The third-order valence-corrected chi connectivity index (χ3v) is 4.41. The number of rotatable bonds is 9. The van der Waals surface area contributed by atoms with Gasteiger partial charge in [-0.2, -0.15) is 0 Å². The maximum atomic E-state index is 12.2. The van der Waals surface area contributed by atoms with E-state index in [0.29, 0.717) is 25.8 Å². The average molecular weight is 265 g/mol. The van der Waals surface area contributed by atoms with Crippen molar-refractivity contribution >= 4 is 13.5 Å². The van der Waals surface area contributed by atoms with E-state index in [1.165, 1.54) is 6.92 Å². The lowest BCUT2D eigenvalue weighted by molar-refractivity contribution is -0.119. The van der Waals surface area contributed by atoms with Crippen LogP contribution in [-0.2, 0) is 18.4 Å². The summed E-state index contributed by atoms with van der Waals surface area (Å²) >= 11 is 0. The number of carbonyl (C=O) groups excluding carboxylic acids is 1. The zero-order valence-electron chi connectivity index (χ0n) is 11.2. The maximum absolute atomic E-state index is 12.2. The summed E-state index contributed by atoms with van der Waals surface area (Å²) in [5.74, 6) is -0.0699. The molecular weight excluding hydrogens is 241 g/mol. The van der Waals surface area contributed by atoms with Crippen LogP contribution in [0.15, 0.2) is 0 Å². The van der Waals surface area contributed by atoms with Crippen LogP contribution >= 0.6 is 7.60 Å². The summed E-state index contributed by atoms with van der Waals surface area (Å²) in [5, 5.41) is 2.82. The molecule has 5 nitrogen and oxygen atoms in total. The first-order valence-electron chi connectivity index (χ1n) is 6.12. The van der Waals surface area contributed by atoms with Gasteiger partial charge in [-0.25, -0.2) is 0 Å². The molecule has 0 aromatic carbocycles. The van der Waals surface area contributed by atoms with Crippen molar-refractivity contribution in [1.29, 1.82) is 0 Å². The van der Waals surface area contributed by atoms with E-state index in [-0.39, 0.29) is 11.9 Å². The Hall–Kier alpha value is -0.380. The van der Waals surface area contributed by atoms with Crippen LogP contribution in [0.3, 0.4) is 0 Å². The van der Waals surface area contributed by atoms with Crippen molar-refractivity contribution in [1.82, 2.24) is 5.32 Å². The van der Waals surface area contributed by atoms with Gasteiger partial charge in [0.2, 0.25) is 5.91 Å². The molecule has 102 valence electrons. The van der Waals surface area contributed by atoms with Crippen LogP contribution in [0, 0.1) is 0 Å². The van der Waals surface area contributed by atoms with Crippen LogP contribution in [0.25, 0.3) is 0 Å². The molecule has 1 atom stereocenters. The van der Waals surface area contributed by atoms with Crippen molar-refractivity contribution in [3.63, 3.8) is 0 Å². The summed E-state index contributed by atoms with van der Waals surface area (Å²) in [5.41, 5.74) is 0. The first-order chi connectivity index (χ1) is 7.97. The van der Waals surface area contributed by atoms with Gasteiger partial charge in [0.25, 0.3) is 0 Å². The molecule has 0 fully saturated rings. The van der Waals surface area contributed by atoms with Gasteiger partial charge in [-0.05, 0) is 26.7 Å². The second-order valence-corrected chi connectivity index (χ2v) is 5.95. The fourth-order valence-electron chi connectivity index (χ4n) is 1.54. The first-order valence-corrected chi connectivity index (χ1v) is 7.85. The molecule has 0 heterocycles. The third kappa shape index (κ3) is 7.53. The summed E-state index contributed by atoms with van der Waals surface area (Å²) in [6.45, 7) is 7.77. The molecule has 0 aliphatic carbocycles. The fraction of sp³-hybridized carbons (Fsp3) is 0.909. The Morgan fingerprint density at radius 1 is 1.24 bits per heavy atom. The SMILES string of the molecule is CCOP(=O)(CC[C@H](CC)NC(C)=O)OCC. The second-order valence-electron chi connectivity index (χ2n) is 3.76. The highest BCUT2D eigenvalue weighted by Gasteiger charge is 2.24. The van der Waals surface area contributed by atoms with Gasteiger partial charge >= 0.3 is 7.60 Å². The lowest BCUT2D eigenvalue weighted by Crippen LogP contribution is -2.33. The molecule has 1 amide bonds. The number of amides is 1. The number of carbonyl (C=O) groups is 1. The summed E-state index contributed by atoms with van der Waals surface area (Å²) in [6, 6.07) is 0.0294. The van der Waals surface area contributed by atoms with Gasteiger partial charge in [0, 0.05) is 13.0 Å². The molecule has 0 aromatic heterocycles. The predicted octanol–water partition coefficient (Wildman–Crippen LogP) is 2.56. The molecule has 0 spiro atoms.